The molecule has 0 aromatic heterocycles. The second-order valence-corrected chi connectivity index (χ2v) is 6.64. The summed E-state index contributed by atoms with van der Waals surface area (Å²) < 4.78 is 4.97. The minimum absolute atomic E-state index is 0.0631. The summed E-state index contributed by atoms with van der Waals surface area (Å²) in [5.74, 6) is -0.979. The Labute approximate surface area is 143 Å². The SMILES string of the molecule is CCOC(=O)N1CCC(NC(=O)C(=O)N(C)C2CCCCC2)CC1. The summed E-state index contributed by atoms with van der Waals surface area (Å²) in [7, 11) is 1.72. The van der Waals surface area contributed by atoms with Crippen molar-refractivity contribution in [2.24, 2.45) is 0 Å². The van der Waals surface area contributed by atoms with Gasteiger partial charge in [0.05, 0.1) is 6.61 Å². The first-order chi connectivity index (χ1) is 11.5. The Bertz CT molecular complexity index is 455. The molecule has 1 N–H and O–H groups in total. The summed E-state index contributed by atoms with van der Waals surface area (Å²) in [4.78, 5) is 39.4. The van der Waals surface area contributed by atoms with Crippen LogP contribution in [0.25, 0.3) is 0 Å². The van der Waals surface area contributed by atoms with E-state index in [1.165, 1.54) is 6.42 Å². The Hall–Kier alpha value is -1.79. The largest absolute Gasteiger partial charge is 0.450 e. The van der Waals surface area contributed by atoms with E-state index < -0.39 is 11.8 Å². The molecular weight excluding hydrogens is 310 g/mol. The van der Waals surface area contributed by atoms with Crippen LogP contribution in [0.3, 0.4) is 0 Å². The number of amides is 3. The van der Waals surface area contributed by atoms with Gasteiger partial charge in [0, 0.05) is 32.2 Å². The Morgan fingerprint density at radius 3 is 2.29 bits per heavy atom. The Kier molecular flexibility index (Phi) is 6.87. The number of nitrogens with one attached hydrogen (secondary N) is 1. The summed E-state index contributed by atoms with van der Waals surface area (Å²) in [5.41, 5.74) is 0. The van der Waals surface area contributed by atoms with E-state index >= 15 is 0 Å². The Balaban J connectivity index is 1.76. The predicted octanol–water partition coefficient (Wildman–Crippen LogP) is 1.51. The number of carbonyl (C=O) groups is 3. The molecule has 2 aliphatic rings. The molecule has 0 aromatic carbocycles. The summed E-state index contributed by atoms with van der Waals surface area (Å²) in [6.45, 7) is 3.21. The van der Waals surface area contributed by atoms with Crippen molar-refractivity contribution in [3.63, 3.8) is 0 Å². The first-order valence-corrected chi connectivity index (χ1v) is 9.02. The number of ether oxygens (including phenoxy) is 1. The zero-order valence-corrected chi connectivity index (χ0v) is 14.8. The summed E-state index contributed by atoms with van der Waals surface area (Å²) >= 11 is 0. The van der Waals surface area contributed by atoms with Crippen molar-refractivity contribution in [3.05, 3.63) is 0 Å². The first kappa shape index (κ1) is 18.5. The van der Waals surface area contributed by atoms with Crippen LogP contribution in [0.1, 0.15) is 51.9 Å². The van der Waals surface area contributed by atoms with E-state index in [1.54, 1.807) is 23.8 Å². The molecule has 1 aliphatic carbocycles. The lowest BCUT2D eigenvalue weighted by Gasteiger charge is -2.33. The van der Waals surface area contributed by atoms with Crippen molar-refractivity contribution in [3.8, 4) is 0 Å². The van der Waals surface area contributed by atoms with Gasteiger partial charge in [0.1, 0.15) is 0 Å². The third-order valence-electron chi connectivity index (χ3n) is 4.99. The number of rotatable bonds is 3. The van der Waals surface area contributed by atoms with Gasteiger partial charge in [-0.3, -0.25) is 9.59 Å². The fraction of sp³-hybridized carbons (Fsp3) is 0.824. The number of likely N-dealkylation sites (N-methyl/N-ethyl adjacent to an activating group) is 1. The van der Waals surface area contributed by atoms with Gasteiger partial charge in [-0.15, -0.1) is 0 Å². The molecule has 2 rings (SSSR count). The van der Waals surface area contributed by atoms with Gasteiger partial charge in [-0.1, -0.05) is 19.3 Å². The fourth-order valence-corrected chi connectivity index (χ4v) is 3.46. The maximum atomic E-state index is 12.3. The zero-order chi connectivity index (χ0) is 17.5. The van der Waals surface area contributed by atoms with E-state index in [4.69, 9.17) is 4.74 Å². The van der Waals surface area contributed by atoms with Crippen LogP contribution in [0.4, 0.5) is 4.79 Å². The van der Waals surface area contributed by atoms with Crippen LogP contribution in [0, 0.1) is 0 Å². The van der Waals surface area contributed by atoms with Gasteiger partial charge >= 0.3 is 17.9 Å². The molecule has 24 heavy (non-hydrogen) atoms. The summed E-state index contributed by atoms with van der Waals surface area (Å²) in [6, 6.07) is 0.120. The lowest BCUT2D eigenvalue weighted by atomic mass is 9.94. The molecular formula is C17H29N3O4. The standard InChI is InChI=1S/C17H29N3O4/c1-3-24-17(23)20-11-9-13(10-12-20)18-15(21)16(22)19(2)14-7-5-4-6-8-14/h13-14H,3-12H2,1-2H3,(H,18,21). The minimum atomic E-state index is -0.530. The second kappa shape index (κ2) is 8.89. The molecule has 7 heteroatoms. The van der Waals surface area contributed by atoms with Crippen LogP contribution in [0.2, 0.25) is 0 Å². The summed E-state index contributed by atoms with van der Waals surface area (Å²) in [6.07, 6.45) is 6.39. The normalized spacial score (nSPS) is 19.7. The average molecular weight is 339 g/mol. The van der Waals surface area contributed by atoms with Gasteiger partial charge in [-0.2, -0.15) is 0 Å². The topological polar surface area (TPSA) is 79.0 Å². The molecule has 1 saturated carbocycles. The molecule has 7 nitrogen and oxygen atoms in total. The number of hydrogen-bond acceptors (Lipinski definition) is 4. The van der Waals surface area contributed by atoms with Crippen molar-refractivity contribution in [1.29, 1.82) is 0 Å². The van der Waals surface area contributed by atoms with Crippen LogP contribution in [-0.4, -0.2) is 66.5 Å². The molecule has 0 aromatic rings. The third kappa shape index (κ3) is 4.85. The predicted molar refractivity (Wildman–Crippen MR) is 89.4 cm³/mol. The number of carbonyl (C=O) groups excluding carboxylic acids is 3. The molecule has 0 bridgehead atoms. The first-order valence-electron chi connectivity index (χ1n) is 9.02. The van der Waals surface area contributed by atoms with Gasteiger partial charge in [0.15, 0.2) is 0 Å². The van der Waals surface area contributed by atoms with E-state index in [-0.39, 0.29) is 18.2 Å². The number of hydrogen-bond donors (Lipinski definition) is 1. The van der Waals surface area contributed by atoms with E-state index in [2.05, 4.69) is 5.32 Å². The average Bonchev–Trinajstić information content (AvgIpc) is 2.62. The molecule has 2 fully saturated rings. The van der Waals surface area contributed by atoms with Gasteiger partial charge in [-0.25, -0.2) is 4.79 Å². The van der Waals surface area contributed by atoms with Gasteiger partial charge < -0.3 is 19.9 Å². The van der Waals surface area contributed by atoms with E-state index in [0.717, 1.165) is 25.7 Å². The van der Waals surface area contributed by atoms with Crippen LogP contribution in [0.5, 0.6) is 0 Å². The number of likely N-dealkylation sites (tertiary alicyclic amines) is 1. The quantitative estimate of drug-likeness (QED) is 0.791. The van der Waals surface area contributed by atoms with Crippen molar-refractivity contribution in [2.45, 2.75) is 64.0 Å². The van der Waals surface area contributed by atoms with Crippen LogP contribution >= 0.6 is 0 Å². The van der Waals surface area contributed by atoms with E-state index in [1.807, 2.05) is 0 Å². The van der Waals surface area contributed by atoms with Gasteiger partial charge in [-0.05, 0) is 32.6 Å². The highest BCUT2D eigenvalue weighted by molar-refractivity contribution is 6.35. The maximum absolute atomic E-state index is 12.3. The Morgan fingerprint density at radius 2 is 1.71 bits per heavy atom. The van der Waals surface area contributed by atoms with Crippen molar-refractivity contribution < 1.29 is 19.1 Å². The highest BCUT2D eigenvalue weighted by atomic mass is 16.6. The van der Waals surface area contributed by atoms with Gasteiger partial charge in [0.25, 0.3) is 0 Å². The van der Waals surface area contributed by atoms with Crippen molar-refractivity contribution in [1.82, 2.24) is 15.1 Å². The van der Waals surface area contributed by atoms with Crippen molar-refractivity contribution >= 4 is 17.9 Å². The van der Waals surface area contributed by atoms with Crippen LogP contribution in [0.15, 0.2) is 0 Å². The molecule has 1 saturated heterocycles. The monoisotopic (exact) mass is 339 g/mol. The lowest BCUT2D eigenvalue weighted by molar-refractivity contribution is -0.147. The molecule has 0 unspecified atom stereocenters. The Morgan fingerprint density at radius 1 is 1.08 bits per heavy atom. The van der Waals surface area contributed by atoms with Crippen molar-refractivity contribution in [2.75, 3.05) is 26.7 Å². The van der Waals surface area contributed by atoms with Crippen LogP contribution in [-0.2, 0) is 14.3 Å². The third-order valence-corrected chi connectivity index (χ3v) is 4.99. The summed E-state index contributed by atoms with van der Waals surface area (Å²) in [5, 5.41) is 2.82. The molecule has 0 radical (unpaired) electrons. The molecule has 1 aliphatic heterocycles. The van der Waals surface area contributed by atoms with E-state index in [0.29, 0.717) is 32.5 Å². The molecule has 3 amide bonds. The van der Waals surface area contributed by atoms with E-state index in [9.17, 15) is 14.4 Å². The molecule has 1 heterocycles. The smallest absolute Gasteiger partial charge is 0.409 e. The maximum Gasteiger partial charge on any atom is 0.409 e. The van der Waals surface area contributed by atoms with Gasteiger partial charge in [0.2, 0.25) is 0 Å². The number of piperidine rings is 1. The van der Waals surface area contributed by atoms with Crippen LogP contribution < -0.4 is 5.32 Å². The second-order valence-electron chi connectivity index (χ2n) is 6.64. The lowest BCUT2D eigenvalue weighted by Crippen LogP contribution is -2.52. The number of nitrogens with zero attached hydrogens (tertiary/aromatic N) is 2. The highest BCUT2D eigenvalue weighted by Crippen LogP contribution is 2.21. The zero-order valence-electron chi connectivity index (χ0n) is 14.8. The fourth-order valence-electron chi connectivity index (χ4n) is 3.46. The highest BCUT2D eigenvalue weighted by Gasteiger charge is 2.30. The molecule has 0 atom stereocenters. The molecule has 136 valence electrons. The minimum Gasteiger partial charge on any atom is -0.450 e. The molecule has 0 spiro atoms.